The molecule has 1 fully saturated rings. The van der Waals surface area contributed by atoms with Gasteiger partial charge in [0, 0.05) is 26.7 Å². The van der Waals surface area contributed by atoms with Crippen molar-refractivity contribution in [2.24, 2.45) is 0 Å². The lowest BCUT2D eigenvalue weighted by atomic mass is 10.1. The summed E-state index contributed by atoms with van der Waals surface area (Å²) in [5.41, 5.74) is 0. The molecule has 1 atom stereocenters. The first kappa shape index (κ1) is 15.7. The molecule has 1 aliphatic heterocycles. The van der Waals surface area contributed by atoms with Crippen LogP contribution in [0.5, 0.6) is 0 Å². The molecule has 1 aromatic heterocycles. The van der Waals surface area contributed by atoms with Gasteiger partial charge in [0.1, 0.15) is 0 Å². The van der Waals surface area contributed by atoms with E-state index >= 15 is 0 Å². The zero-order valence-corrected chi connectivity index (χ0v) is 12.8. The van der Waals surface area contributed by atoms with Gasteiger partial charge in [-0.1, -0.05) is 18.4 Å². The third-order valence-corrected chi connectivity index (χ3v) is 3.57. The number of hydrogen-bond acceptors (Lipinski definition) is 5. The largest absolute Gasteiger partial charge is 0.376 e. The van der Waals surface area contributed by atoms with E-state index < -0.39 is 0 Å². The number of likely N-dealkylation sites (N-methyl/N-ethyl adjacent to an activating group) is 1. The number of aromatic nitrogens is 4. The van der Waals surface area contributed by atoms with E-state index in [9.17, 15) is 4.79 Å². The Balaban J connectivity index is 1.83. The lowest BCUT2D eigenvalue weighted by molar-refractivity contribution is 0.00462. The Hall–Kier alpha value is -1.70. The fraction of sp³-hybridized carbons (Fsp3) is 0.846. The third kappa shape index (κ3) is 4.66. The number of unbranched alkanes of at least 4 members (excludes halogenated alkanes) is 1. The topological polar surface area (TPSA) is 85.2 Å². The minimum Gasteiger partial charge on any atom is -0.376 e. The predicted octanol–water partition coefficient (Wildman–Crippen LogP) is 1.51. The Morgan fingerprint density at radius 3 is 3.10 bits per heavy atom. The van der Waals surface area contributed by atoms with Gasteiger partial charge in [0.05, 0.1) is 6.10 Å². The smallest absolute Gasteiger partial charge is 0.324 e. The van der Waals surface area contributed by atoms with E-state index in [1.807, 2.05) is 0 Å². The van der Waals surface area contributed by atoms with Gasteiger partial charge in [0.2, 0.25) is 0 Å². The van der Waals surface area contributed by atoms with Crippen LogP contribution in [0, 0.1) is 0 Å². The number of ether oxygens (including phenoxy) is 1. The summed E-state index contributed by atoms with van der Waals surface area (Å²) in [4.78, 5) is 13.8. The number of nitrogens with one attached hydrogen (secondary N) is 1. The summed E-state index contributed by atoms with van der Waals surface area (Å²) < 4.78 is 7.26. The van der Waals surface area contributed by atoms with E-state index in [-0.39, 0.29) is 12.1 Å². The highest BCUT2D eigenvalue weighted by Crippen LogP contribution is 2.13. The molecule has 1 aliphatic rings. The van der Waals surface area contributed by atoms with Crippen LogP contribution in [-0.2, 0) is 11.3 Å². The van der Waals surface area contributed by atoms with Crippen LogP contribution < -0.4 is 5.32 Å². The van der Waals surface area contributed by atoms with Crippen molar-refractivity contribution in [2.45, 2.75) is 51.7 Å². The Bertz CT molecular complexity index is 444. The van der Waals surface area contributed by atoms with Crippen LogP contribution >= 0.6 is 0 Å². The summed E-state index contributed by atoms with van der Waals surface area (Å²) in [5, 5.41) is 14.1. The van der Waals surface area contributed by atoms with Crippen LogP contribution in [-0.4, -0.2) is 57.4 Å². The molecule has 8 nitrogen and oxygen atoms in total. The Kier molecular flexibility index (Phi) is 5.91. The van der Waals surface area contributed by atoms with Crippen LogP contribution in [0.1, 0.15) is 39.0 Å². The van der Waals surface area contributed by atoms with Crippen molar-refractivity contribution < 1.29 is 9.53 Å². The number of carbonyl (C=O) groups is 1. The van der Waals surface area contributed by atoms with Crippen molar-refractivity contribution in [3.8, 4) is 0 Å². The molecule has 1 saturated heterocycles. The van der Waals surface area contributed by atoms with E-state index in [0.29, 0.717) is 19.0 Å². The molecule has 2 rings (SSSR count). The maximum Gasteiger partial charge on any atom is 0.324 e. The number of amides is 2. The average molecular weight is 296 g/mol. The zero-order chi connectivity index (χ0) is 15.1. The molecule has 8 heteroatoms. The normalized spacial score (nSPS) is 18.5. The molecule has 0 aliphatic carbocycles. The second kappa shape index (κ2) is 7.92. The maximum atomic E-state index is 12.2. The molecule has 1 aromatic rings. The van der Waals surface area contributed by atoms with Gasteiger partial charge in [-0.15, -0.1) is 0 Å². The molecule has 0 aromatic carbocycles. The van der Waals surface area contributed by atoms with Gasteiger partial charge in [0.25, 0.3) is 5.95 Å². The molecule has 2 amide bonds. The molecule has 0 spiro atoms. The number of aryl methyl sites for hydroxylation is 1. The first-order valence-electron chi connectivity index (χ1n) is 7.60. The van der Waals surface area contributed by atoms with Crippen molar-refractivity contribution in [1.29, 1.82) is 0 Å². The monoisotopic (exact) mass is 296 g/mol. The number of tetrazole rings is 1. The van der Waals surface area contributed by atoms with E-state index in [2.05, 4.69) is 27.8 Å². The number of urea groups is 1. The van der Waals surface area contributed by atoms with Crippen molar-refractivity contribution in [1.82, 2.24) is 25.1 Å². The lowest BCUT2D eigenvalue weighted by Gasteiger charge is -2.27. The standard InChI is InChI=1S/C13H24N6O2/c1-3-4-8-19-12(15-16-17-19)14-13(20)18(2)10-11-7-5-6-9-21-11/h11H,3-10H2,1-2H3,(H,14,15,17,20)/t11-/m0/s1. The molecule has 118 valence electrons. The minimum atomic E-state index is -0.211. The Morgan fingerprint density at radius 1 is 1.52 bits per heavy atom. The SMILES string of the molecule is CCCCn1nnnc1NC(=O)N(C)C[C@@H]1CCCCO1. The van der Waals surface area contributed by atoms with Crippen molar-refractivity contribution in [3.05, 3.63) is 0 Å². The number of hydrogen-bond donors (Lipinski definition) is 1. The van der Waals surface area contributed by atoms with Crippen LogP contribution in [0.2, 0.25) is 0 Å². The van der Waals surface area contributed by atoms with Gasteiger partial charge in [0.15, 0.2) is 0 Å². The van der Waals surface area contributed by atoms with Crippen LogP contribution in [0.15, 0.2) is 0 Å². The number of anilines is 1. The molecular formula is C13H24N6O2. The highest BCUT2D eigenvalue weighted by atomic mass is 16.5. The predicted molar refractivity (Wildman–Crippen MR) is 78.0 cm³/mol. The highest BCUT2D eigenvalue weighted by molar-refractivity contribution is 5.87. The van der Waals surface area contributed by atoms with Gasteiger partial charge < -0.3 is 9.64 Å². The molecule has 0 radical (unpaired) electrons. The van der Waals surface area contributed by atoms with E-state index in [1.54, 1.807) is 16.6 Å². The highest BCUT2D eigenvalue weighted by Gasteiger charge is 2.20. The molecule has 2 heterocycles. The Morgan fingerprint density at radius 2 is 2.38 bits per heavy atom. The first-order chi connectivity index (χ1) is 10.2. The number of carbonyl (C=O) groups excluding carboxylic acids is 1. The molecule has 0 unspecified atom stereocenters. The average Bonchev–Trinajstić information content (AvgIpc) is 2.93. The summed E-state index contributed by atoms with van der Waals surface area (Å²) >= 11 is 0. The minimum absolute atomic E-state index is 0.130. The van der Waals surface area contributed by atoms with Crippen LogP contribution in [0.3, 0.4) is 0 Å². The second-order valence-electron chi connectivity index (χ2n) is 5.38. The van der Waals surface area contributed by atoms with Gasteiger partial charge in [-0.2, -0.15) is 0 Å². The van der Waals surface area contributed by atoms with Crippen molar-refractivity contribution >= 4 is 12.0 Å². The molecule has 0 bridgehead atoms. The first-order valence-corrected chi connectivity index (χ1v) is 7.60. The third-order valence-electron chi connectivity index (χ3n) is 3.57. The summed E-state index contributed by atoms with van der Waals surface area (Å²) in [6.07, 6.45) is 5.43. The van der Waals surface area contributed by atoms with Gasteiger partial charge >= 0.3 is 6.03 Å². The Labute approximate surface area is 124 Å². The fourth-order valence-corrected chi connectivity index (χ4v) is 2.28. The van der Waals surface area contributed by atoms with Crippen LogP contribution in [0.25, 0.3) is 0 Å². The van der Waals surface area contributed by atoms with E-state index in [4.69, 9.17) is 4.74 Å². The molecule has 0 saturated carbocycles. The van der Waals surface area contributed by atoms with Gasteiger partial charge in [-0.25, -0.2) is 9.48 Å². The molecular weight excluding hydrogens is 272 g/mol. The lowest BCUT2D eigenvalue weighted by Crippen LogP contribution is -2.39. The summed E-state index contributed by atoms with van der Waals surface area (Å²) in [6.45, 7) is 4.17. The summed E-state index contributed by atoms with van der Waals surface area (Å²) in [5.74, 6) is 0.393. The van der Waals surface area contributed by atoms with Gasteiger partial charge in [-0.3, -0.25) is 5.32 Å². The maximum absolute atomic E-state index is 12.2. The van der Waals surface area contributed by atoms with Gasteiger partial charge in [-0.05, 0) is 36.1 Å². The van der Waals surface area contributed by atoms with E-state index in [1.165, 1.54) is 0 Å². The quantitative estimate of drug-likeness (QED) is 0.860. The second-order valence-corrected chi connectivity index (χ2v) is 5.38. The summed E-state index contributed by atoms with van der Waals surface area (Å²) in [6, 6.07) is -0.211. The van der Waals surface area contributed by atoms with Crippen LogP contribution in [0.4, 0.5) is 10.7 Å². The fourth-order valence-electron chi connectivity index (χ4n) is 2.28. The van der Waals surface area contributed by atoms with Crippen molar-refractivity contribution in [3.63, 3.8) is 0 Å². The molecule has 1 N–H and O–H groups in total. The summed E-state index contributed by atoms with van der Waals surface area (Å²) in [7, 11) is 1.76. The van der Waals surface area contributed by atoms with E-state index in [0.717, 1.165) is 38.7 Å². The van der Waals surface area contributed by atoms with Crippen molar-refractivity contribution in [2.75, 3.05) is 25.5 Å². The zero-order valence-electron chi connectivity index (χ0n) is 12.8. The molecule has 21 heavy (non-hydrogen) atoms. The number of rotatable bonds is 6. The number of nitrogens with zero attached hydrogens (tertiary/aromatic N) is 5.